The van der Waals surface area contributed by atoms with E-state index in [2.05, 4.69) is 68.1 Å². The minimum Gasteiger partial charge on any atom is -0.468 e. The number of methoxy groups -OCH3 is 1. The van der Waals surface area contributed by atoms with Crippen LogP contribution >= 0.6 is 0 Å². The molecule has 0 saturated carbocycles. The third kappa shape index (κ3) is 7.27. The van der Waals surface area contributed by atoms with Gasteiger partial charge < -0.3 is 19.3 Å². The van der Waals surface area contributed by atoms with E-state index in [0.717, 1.165) is 6.07 Å². The van der Waals surface area contributed by atoms with E-state index in [1.54, 1.807) is 35.8 Å². The molecule has 6 rings (SSSR count). The van der Waals surface area contributed by atoms with Crippen molar-refractivity contribution in [2.45, 2.75) is 77.7 Å². The summed E-state index contributed by atoms with van der Waals surface area (Å²) in [7, 11) is 2.32. The Morgan fingerprint density at radius 3 is 2.31 bits per heavy atom. The summed E-state index contributed by atoms with van der Waals surface area (Å²) in [5.74, 6) is 0.318. The Balaban J connectivity index is 1.58. The van der Waals surface area contributed by atoms with Crippen LogP contribution in [0.4, 0.5) is 23.4 Å². The first-order valence-corrected chi connectivity index (χ1v) is 20.6. The van der Waals surface area contributed by atoms with Gasteiger partial charge >= 0.3 is 6.08 Å². The molecule has 0 N–H and O–H groups in total. The first-order chi connectivity index (χ1) is 26.1. The lowest BCUT2D eigenvalue weighted by molar-refractivity contribution is 0.0512. The summed E-state index contributed by atoms with van der Waals surface area (Å²) in [4.78, 5) is 23.6. The molecule has 1 amide bonds. The van der Waals surface area contributed by atoms with Gasteiger partial charge in [0.2, 0.25) is 0 Å². The highest BCUT2D eigenvalue weighted by atomic mass is 28.3. The zero-order valence-corrected chi connectivity index (χ0v) is 33.7. The normalized spacial score (nSPS) is 13.4. The zero-order valence-electron chi connectivity index (χ0n) is 32.7. The maximum Gasteiger partial charge on any atom is 0.311 e. The molecular formula is C41H46F4N6O3Si. The molecule has 0 fully saturated rings. The fraction of sp³-hybridized carbons (Fsp3) is 0.415. The molecule has 14 heteroatoms. The van der Waals surface area contributed by atoms with Crippen LogP contribution in [0.5, 0.6) is 5.75 Å². The first-order valence-electron chi connectivity index (χ1n) is 18.4. The van der Waals surface area contributed by atoms with Crippen LogP contribution in [0.25, 0.3) is 32.8 Å². The van der Waals surface area contributed by atoms with E-state index in [0.29, 0.717) is 30.6 Å². The Kier molecular flexibility index (Phi) is 11.3. The molecule has 3 aromatic carbocycles. The van der Waals surface area contributed by atoms with Crippen molar-refractivity contribution in [2.75, 3.05) is 39.4 Å². The fourth-order valence-electron chi connectivity index (χ4n) is 8.16. The smallest absolute Gasteiger partial charge is 0.311 e. The predicted octanol–water partition coefficient (Wildman–Crippen LogP) is 8.87. The Hall–Kier alpha value is -5.00. The van der Waals surface area contributed by atoms with Crippen LogP contribution < -0.4 is 9.64 Å². The summed E-state index contributed by atoms with van der Waals surface area (Å²) in [5.41, 5.74) is 4.17. The molecule has 0 atom stereocenters. The Morgan fingerprint density at radius 2 is 1.65 bits per heavy atom. The van der Waals surface area contributed by atoms with E-state index >= 15 is 17.6 Å². The monoisotopic (exact) mass is 774 g/mol. The van der Waals surface area contributed by atoms with Gasteiger partial charge in [-0.25, -0.2) is 13.2 Å². The maximum absolute atomic E-state index is 17.1. The summed E-state index contributed by atoms with van der Waals surface area (Å²) in [6.45, 7) is 13.7. The summed E-state index contributed by atoms with van der Waals surface area (Å²) in [6.07, 6.45) is -0.679. The lowest BCUT2D eigenvalue weighted by Gasteiger charge is -2.38. The Labute approximate surface area is 319 Å². The second-order valence-electron chi connectivity index (χ2n) is 15.2. The molecule has 1 aliphatic rings. The van der Waals surface area contributed by atoms with E-state index in [9.17, 15) is 4.79 Å². The number of nitrogens with zero attached hydrogens (tertiary/aromatic N) is 6. The van der Waals surface area contributed by atoms with Crippen LogP contribution in [-0.2, 0) is 17.8 Å². The van der Waals surface area contributed by atoms with Gasteiger partial charge in [-0.2, -0.15) is 19.5 Å². The minimum absolute atomic E-state index is 0.00589. The lowest BCUT2D eigenvalue weighted by Crippen LogP contribution is -2.43. The van der Waals surface area contributed by atoms with E-state index in [1.807, 2.05) is 0 Å². The Morgan fingerprint density at radius 1 is 0.945 bits per heavy atom. The van der Waals surface area contributed by atoms with Gasteiger partial charge in [0.1, 0.15) is 36.8 Å². The number of carbonyl (C=O) groups is 1. The number of benzene rings is 3. The predicted molar refractivity (Wildman–Crippen MR) is 209 cm³/mol. The lowest BCUT2D eigenvalue weighted by atomic mass is 9.92. The summed E-state index contributed by atoms with van der Waals surface area (Å²) in [6, 6.07) is 8.58. The number of hydrogen-bond acceptors (Lipinski definition) is 7. The average molecular weight is 775 g/mol. The van der Waals surface area contributed by atoms with Crippen molar-refractivity contribution in [3.8, 4) is 28.3 Å². The molecule has 3 heterocycles. The maximum atomic E-state index is 17.1. The zero-order chi connectivity index (χ0) is 39.9. The van der Waals surface area contributed by atoms with Crippen molar-refractivity contribution in [2.24, 2.45) is 0 Å². The topological polar surface area (TPSA) is 85.6 Å². The second kappa shape index (κ2) is 15.6. The molecule has 290 valence electrons. The van der Waals surface area contributed by atoms with Gasteiger partial charge in [-0.3, -0.25) is 9.48 Å². The fourth-order valence-corrected chi connectivity index (χ4v) is 13.4. The van der Waals surface area contributed by atoms with Gasteiger partial charge in [-0.15, -0.1) is 5.54 Å². The summed E-state index contributed by atoms with van der Waals surface area (Å²) in [5, 5.41) is 5.01. The molecule has 0 saturated heterocycles. The van der Waals surface area contributed by atoms with E-state index in [1.165, 1.54) is 30.2 Å². The first kappa shape index (κ1) is 39.7. The van der Waals surface area contributed by atoms with Crippen molar-refractivity contribution in [3.05, 3.63) is 76.9 Å². The molecule has 5 aromatic rings. The highest BCUT2D eigenvalue weighted by Crippen LogP contribution is 2.43. The standard InChI is InChI=1S/C41H46F4N6O3Si/c1-23(2)55(24(3)4,25(5)6)16-13-29-32(42)12-11-26-17-28(54-22-53-9)19-30(35(26)29)36-33(43)20-31-38(37(36)44)46-41(45)47-39(31)50-14-10-15-51-27(21-50)18-34(48-51)40(52)49(7)8/h11-12,17-20,23-25H,10,14-15,21-22H2,1-9H3. The number of hydrogen-bond donors (Lipinski definition) is 0. The molecule has 55 heavy (non-hydrogen) atoms. The van der Waals surface area contributed by atoms with E-state index < -0.39 is 42.7 Å². The average Bonchev–Trinajstić information content (AvgIpc) is 3.41. The van der Waals surface area contributed by atoms with Crippen LogP contribution in [-0.4, -0.2) is 73.2 Å². The number of halogens is 4. The quantitative estimate of drug-likeness (QED) is 0.0487. The van der Waals surface area contributed by atoms with Gasteiger partial charge in [-0.1, -0.05) is 53.5 Å². The molecule has 2 aromatic heterocycles. The SMILES string of the molecule is COCOc1cc(-c2c(F)cc3c(N4CCCn5nc(C(=O)N(C)C)cc5C4)nc(F)nc3c2F)c2c(C#C[Si](C(C)C)(C(C)C)C(C)C)c(F)ccc2c1. The van der Waals surface area contributed by atoms with Crippen molar-refractivity contribution in [1.29, 1.82) is 0 Å². The highest BCUT2D eigenvalue weighted by Gasteiger charge is 2.42. The molecule has 0 unspecified atom stereocenters. The molecule has 0 aliphatic carbocycles. The third-order valence-corrected chi connectivity index (χ3v) is 17.0. The van der Waals surface area contributed by atoms with E-state index in [-0.39, 0.29) is 75.0 Å². The van der Waals surface area contributed by atoms with Crippen LogP contribution in [0.2, 0.25) is 16.6 Å². The van der Waals surface area contributed by atoms with Crippen molar-refractivity contribution >= 4 is 41.5 Å². The molecule has 9 nitrogen and oxygen atoms in total. The van der Waals surface area contributed by atoms with Crippen molar-refractivity contribution < 1.29 is 31.8 Å². The number of rotatable bonds is 9. The largest absolute Gasteiger partial charge is 0.468 e. The third-order valence-electron chi connectivity index (χ3n) is 10.7. The van der Waals surface area contributed by atoms with Crippen LogP contribution in [0, 0.1) is 35.0 Å². The molecule has 0 radical (unpaired) electrons. The minimum atomic E-state index is -2.37. The number of amides is 1. The number of carbonyl (C=O) groups excluding carboxylic acids is 1. The number of aryl methyl sites for hydroxylation is 1. The van der Waals surface area contributed by atoms with Crippen LogP contribution in [0.3, 0.4) is 0 Å². The highest BCUT2D eigenvalue weighted by molar-refractivity contribution is 6.90. The van der Waals surface area contributed by atoms with Crippen molar-refractivity contribution in [3.63, 3.8) is 0 Å². The van der Waals surface area contributed by atoms with Crippen molar-refractivity contribution in [1.82, 2.24) is 24.6 Å². The molecule has 1 aliphatic heterocycles. The molecular weight excluding hydrogens is 729 g/mol. The Bertz CT molecular complexity index is 2330. The second-order valence-corrected chi connectivity index (χ2v) is 20.7. The van der Waals surface area contributed by atoms with Gasteiger partial charge in [0.15, 0.2) is 18.3 Å². The van der Waals surface area contributed by atoms with Gasteiger partial charge in [0.25, 0.3) is 5.91 Å². The van der Waals surface area contributed by atoms with E-state index in [4.69, 9.17) is 9.47 Å². The van der Waals surface area contributed by atoms with Gasteiger partial charge in [-0.05, 0) is 58.8 Å². The number of ether oxygens (including phenoxy) is 2. The summed E-state index contributed by atoms with van der Waals surface area (Å²) >= 11 is 0. The molecule has 0 bridgehead atoms. The number of fused-ring (bicyclic) bond motifs is 3. The van der Waals surface area contributed by atoms with Gasteiger partial charge in [0.05, 0.1) is 23.4 Å². The summed E-state index contributed by atoms with van der Waals surface area (Å²) < 4.78 is 77.9. The van der Waals surface area contributed by atoms with Gasteiger partial charge in [0, 0.05) is 50.6 Å². The number of anilines is 1. The molecule has 0 spiro atoms. The number of aromatic nitrogens is 4. The van der Waals surface area contributed by atoms with Crippen LogP contribution in [0.15, 0.2) is 36.4 Å². The van der Waals surface area contributed by atoms with Crippen LogP contribution in [0.1, 0.15) is 69.7 Å².